The van der Waals surface area contributed by atoms with Gasteiger partial charge in [0.15, 0.2) is 0 Å². The Morgan fingerprint density at radius 1 is 1.10 bits per heavy atom. The third-order valence-electron chi connectivity index (χ3n) is 1.34. The quantitative estimate of drug-likeness (QED) is 0.232. The number of hydrogen-bond acceptors (Lipinski definition) is 6. The molecule has 1 heterocycles. The normalized spacial score (nSPS) is 41.7. The second kappa shape index (κ2) is 3.24. The Bertz CT molecular complexity index is 95.9. The van der Waals surface area contributed by atoms with Crippen molar-refractivity contribution < 1.29 is 0 Å². The highest BCUT2D eigenvalue weighted by atomic mass is 15.5. The van der Waals surface area contributed by atoms with Gasteiger partial charge in [-0.05, 0) is 7.05 Å². The highest BCUT2D eigenvalue weighted by molar-refractivity contribution is 4.74. The Hall–Kier alpha value is -0.240. The third-order valence-corrected chi connectivity index (χ3v) is 1.34. The molecule has 8 N–H and O–H groups in total. The lowest BCUT2D eigenvalue weighted by Crippen LogP contribution is -2.75. The zero-order valence-electron chi connectivity index (χ0n) is 5.89. The maximum absolute atomic E-state index is 5.51. The van der Waals surface area contributed by atoms with Crippen molar-refractivity contribution in [3.8, 4) is 0 Å². The molecule has 0 spiro atoms. The Kier molecular flexibility index (Phi) is 2.55. The van der Waals surface area contributed by atoms with E-state index in [0.29, 0.717) is 0 Å². The minimum absolute atomic E-state index is 0.0220. The molecule has 1 fully saturated rings. The van der Waals surface area contributed by atoms with Gasteiger partial charge in [0, 0.05) is 0 Å². The lowest BCUT2D eigenvalue weighted by Gasteiger charge is -2.34. The fourth-order valence-corrected chi connectivity index (χ4v) is 0.864. The molecular weight excluding hydrogens is 132 g/mol. The van der Waals surface area contributed by atoms with Crippen LogP contribution in [0.4, 0.5) is 0 Å². The van der Waals surface area contributed by atoms with Crippen LogP contribution in [0.25, 0.3) is 0 Å². The molecule has 6 heteroatoms. The molecule has 0 aromatic carbocycles. The van der Waals surface area contributed by atoms with E-state index in [1.165, 1.54) is 0 Å². The molecule has 1 saturated heterocycles. The van der Waals surface area contributed by atoms with Crippen molar-refractivity contribution in [2.75, 3.05) is 7.05 Å². The van der Waals surface area contributed by atoms with Crippen LogP contribution in [0.2, 0.25) is 0 Å². The lowest BCUT2D eigenvalue weighted by atomic mass is 10.5. The maximum atomic E-state index is 5.51. The molecule has 0 aromatic rings. The molecule has 0 saturated carbocycles. The number of nitrogens with one attached hydrogen (secondary N) is 4. The molecular formula is C4H14N6. The van der Waals surface area contributed by atoms with Crippen molar-refractivity contribution in [1.82, 2.24) is 21.3 Å². The first kappa shape index (κ1) is 7.86. The first-order valence-corrected chi connectivity index (χ1v) is 3.19. The van der Waals surface area contributed by atoms with Gasteiger partial charge in [0.25, 0.3) is 0 Å². The summed E-state index contributed by atoms with van der Waals surface area (Å²) in [7, 11) is 1.81. The zero-order valence-corrected chi connectivity index (χ0v) is 5.89. The SMILES string of the molecule is CNC1NC(N)NC(N)N1. The van der Waals surface area contributed by atoms with Gasteiger partial charge in [-0.3, -0.25) is 21.3 Å². The Labute approximate surface area is 59.7 Å². The summed E-state index contributed by atoms with van der Waals surface area (Å²) in [5.41, 5.74) is 11.0. The molecule has 0 aromatic heterocycles. The number of nitrogens with two attached hydrogens (primary N) is 2. The van der Waals surface area contributed by atoms with Crippen LogP contribution < -0.4 is 32.7 Å². The molecule has 10 heavy (non-hydrogen) atoms. The summed E-state index contributed by atoms with van der Waals surface area (Å²) >= 11 is 0. The molecule has 1 aliphatic heterocycles. The predicted octanol–water partition coefficient (Wildman–Crippen LogP) is -3.24. The molecule has 0 aliphatic carbocycles. The van der Waals surface area contributed by atoms with E-state index in [9.17, 15) is 0 Å². The van der Waals surface area contributed by atoms with Crippen LogP contribution in [0.15, 0.2) is 0 Å². The van der Waals surface area contributed by atoms with Gasteiger partial charge in [0.2, 0.25) is 0 Å². The van der Waals surface area contributed by atoms with Crippen LogP contribution in [0.5, 0.6) is 0 Å². The Balaban J connectivity index is 2.35. The van der Waals surface area contributed by atoms with Crippen LogP contribution in [0, 0.1) is 0 Å². The zero-order chi connectivity index (χ0) is 7.56. The summed E-state index contributed by atoms with van der Waals surface area (Å²) in [6, 6.07) is 0. The average molecular weight is 146 g/mol. The summed E-state index contributed by atoms with van der Waals surface area (Å²) in [5.74, 6) is 0. The van der Waals surface area contributed by atoms with Gasteiger partial charge in [-0.15, -0.1) is 0 Å². The summed E-state index contributed by atoms with van der Waals surface area (Å²) in [5, 5.41) is 11.7. The van der Waals surface area contributed by atoms with E-state index in [0.717, 1.165) is 0 Å². The minimum atomic E-state index is -0.256. The summed E-state index contributed by atoms with van der Waals surface area (Å²) in [4.78, 5) is 0. The van der Waals surface area contributed by atoms with E-state index in [-0.39, 0.29) is 18.9 Å². The Morgan fingerprint density at radius 2 is 1.60 bits per heavy atom. The van der Waals surface area contributed by atoms with Crippen molar-refractivity contribution in [2.45, 2.75) is 18.9 Å². The summed E-state index contributed by atoms with van der Waals surface area (Å²) in [6.07, 6.45) is -0.534. The van der Waals surface area contributed by atoms with Crippen molar-refractivity contribution in [3.63, 3.8) is 0 Å². The van der Waals surface area contributed by atoms with Crippen molar-refractivity contribution in [2.24, 2.45) is 11.5 Å². The molecule has 0 bridgehead atoms. The Morgan fingerprint density at radius 3 is 2.00 bits per heavy atom. The van der Waals surface area contributed by atoms with Gasteiger partial charge in [0.05, 0.1) is 0 Å². The largest absolute Gasteiger partial charge is 0.303 e. The van der Waals surface area contributed by atoms with Gasteiger partial charge in [-0.1, -0.05) is 0 Å². The highest BCUT2D eigenvalue weighted by Gasteiger charge is 2.19. The molecule has 60 valence electrons. The van der Waals surface area contributed by atoms with E-state index < -0.39 is 0 Å². The van der Waals surface area contributed by atoms with Crippen LogP contribution in [-0.2, 0) is 0 Å². The number of hydrogen-bond donors (Lipinski definition) is 6. The molecule has 0 amide bonds. The maximum Gasteiger partial charge on any atom is 0.116 e. The fourth-order valence-electron chi connectivity index (χ4n) is 0.864. The van der Waals surface area contributed by atoms with E-state index in [1.807, 2.05) is 7.05 Å². The third kappa shape index (κ3) is 1.87. The van der Waals surface area contributed by atoms with E-state index in [4.69, 9.17) is 11.5 Å². The minimum Gasteiger partial charge on any atom is -0.303 e. The smallest absolute Gasteiger partial charge is 0.116 e. The second-order valence-corrected chi connectivity index (χ2v) is 2.18. The average Bonchev–Trinajstić information content (AvgIpc) is 1.85. The predicted molar refractivity (Wildman–Crippen MR) is 38.2 cm³/mol. The van der Waals surface area contributed by atoms with Crippen molar-refractivity contribution in [3.05, 3.63) is 0 Å². The summed E-state index contributed by atoms with van der Waals surface area (Å²) < 4.78 is 0. The van der Waals surface area contributed by atoms with Crippen LogP contribution in [0.3, 0.4) is 0 Å². The summed E-state index contributed by atoms with van der Waals surface area (Å²) in [6.45, 7) is 0. The van der Waals surface area contributed by atoms with Gasteiger partial charge >= 0.3 is 0 Å². The second-order valence-electron chi connectivity index (χ2n) is 2.18. The monoisotopic (exact) mass is 146 g/mol. The standard InChI is InChI=1S/C4H14N6/c1-7-4-9-2(5)8-3(6)10-4/h2-4,7-10H,5-6H2,1H3. The van der Waals surface area contributed by atoms with Crippen LogP contribution >= 0.6 is 0 Å². The first-order chi connectivity index (χ1) is 4.72. The lowest BCUT2D eigenvalue weighted by molar-refractivity contribution is 0.187. The van der Waals surface area contributed by atoms with Gasteiger partial charge in [-0.25, -0.2) is 0 Å². The molecule has 2 atom stereocenters. The molecule has 2 unspecified atom stereocenters. The van der Waals surface area contributed by atoms with Crippen molar-refractivity contribution >= 4 is 0 Å². The van der Waals surface area contributed by atoms with Gasteiger partial charge in [-0.2, -0.15) is 0 Å². The van der Waals surface area contributed by atoms with Crippen LogP contribution in [-0.4, -0.2) is 25.9 Å². The van der Waals surface area contributed by atoms with Crippen LogP contribution in [0.1, 0.15) is 0 Å². The van der Waals surface area contributed by atoms with Gasteiger partial charge in [0.1, 0.15) is 18.9 Å². The first-order valence-electron chi connectivity index (χ1n) is 3.19. The molecule has 6 nitrogen and oxygen atoms in total. The topological polar surface area (TPSA) is 100 Å². The van der Waals surface area contributed by atoms with E-state index in [1.54, 1.807) is 0 Å². The fraction of sp³-hybridized carbons (Fsp3) is 1.00. The molecule has 1 rings (SSSR count). The highest BCUT2D eigenvalue weighted by Crippen LogP contribution is 1.80. The van der Waals surface area contributed by atoms with Crippen molar-refractivity contribution in [1.29, 1.82) is 0 Å². The van der Waals surface area contributed by atoms with Gasteiger partial charge < -0.3 is 11.5 Å². The number of rotatable bonds is 1. The molecule has 1 aliphatic rings. The molecule has 0 radical (unpaired) electrons. The van der Waals surface area contributed by atoms with E-state index in [2.05, 4.69) is 21.3 Å². The van der Waals surface area contributed by atoms with E-state index >= 15 is 0 Å².